The van der Waals surface area contributed by atoms with Gasteiger partial charge in [-0.2, -0.15) is 0 Å². The van der Waals surface area contributed by atoms with Crippen LogP contribution >= 0.6 is 27.3 Å². The summed E-state index contributed by atoms with van der Waals surface area (Å²) in [6.45, 7) is 1.76. The van der Waals surface area contributed by atoms with Crippen molar-refractivity contribution in [3.8, 4) is 0 Å². The molecule has 0 aliphatic carbocycles. The Morgan fingerprint density at radius 2 is 2.05 bits per heavy atom. The van der Waals surface area contributed by atoms with E-state index in [1.807, 2.05) is 12.3 Å². The smallest absolute Gasteiger partial charge is 0.0705 e. The minimum absolute atomic E-state index is 0.860. The van der Waals surface area contributed by atoms with Crippen molar-refractivity contribution in [2.24, 2.45) is 0 Å². The van der Waals surface area contributed by atoms with Gasteiger partial charge in [0.05, 0.1) is 5.52 Å². The van der Waals surface area contributed by atoms with E-state index in [1.54, 1.807) is 11.3 Å². The van der Waals surface area contributed by atoms with E-state index in [-0.39, 0.29) is 0 Å². The van der Waals surface area contributed by atoms with Crippen LogP contribution in [0.25, 0.3) is 10.9 Å². The van der Waals surface area contributed by atoms with Gasteiger partial charge in [-0.15, -0.1) is 11.3 Å². The van der Waals surface area contributed by atoms with Crippen molar-refractivity contribution in [2.75, 3.05) is 0 Å². The molecule has 4 heteroatoms. The summed E-state index contributed by atoms with van der Waals surface area (Å²) in [6.07, 6.45) is 1.88. The van der Waals surface area contributed by atoms with Gasteiger partial charge in [0.1, 0.15) is 0 Å². The number of thiophene rings is 1. The third-order valence-corrected chi connectivity index (χ3v) is 4.67. The number of nitrogens with one attached hydrogen (secondary N) is 1. The lowest BCUT2D eigenvalue weighted by Gasteiger charge is -2.06. The summed E-state index contributed by atoms with van der Waals surface area (Å²) >= 11 is 5.24. The van der Waals surface area contributed by atoms with E-state index in [4.69, 9.17) is 0 Å². The number of fused-ring (bicyclic) bond motifs is 1. The fraction of sp³-hybridized carbons (Fsp3) is 0.133. The van der Waals surface area contributed by atoms with Crippen LogP contribution in [-0.2, 0) is 13.1 Å². The molecule has 0 saturated carbocycles. The van der Waals surface area contributed by atoms with Crippen LogP contribution in [0.2, 0.25) is 0 Å². The summed E-state index contributed by atoms with van der Waals surface area (Å²) in [6, 6.07) is 12.5. The second kappa shape index (κ2) is 5.82. The lowest BCUT2D eigenvalue weighted by molar-refractivity contribution is 0.704. The van der Waals surface area contributed by atoms with E-state index in [1.165, 1.54) is 15.8 Å². The lowest BCUT2D eigenvalue weighted by atomic mass is 10.1. The molecule has 0 unspecified atom stereocenters. The molecule has 2 nitrogen and oxygen atoms in total. The molecule has 1 N–H and O–H groups in total. The molecular formula is C15H13BrN2S. The maximum Gasteiger partial charge on any atom is 0.0705 e. The predicted molar refractivity (Wildman–Crippen MR) is 84.3 cm³/mol. The lowest BCUT2D eigenvalue weighted by Crippen LogP contribution is -2.12. The van der Waals surface area contributed by atoms with E-state index >= 15 is 0 Å². The van der Waals surface area contributed by atoms with Crippen LogP contribution in [0.3, 0.4) is 0 Å². The molecule has 0 spiro atoms. The van der Waals surface area contributed by atoms with Crippen LogP contribution in [0.4, 0.5) is 0 Å². The highest BCUT2D eigenvalue weighted by Crippen LogP contribution is 2.20. The number of hydrogen-bond donors (Lipinski definition) is 1. The van der Waals surface area contributed by atoms with Crippen LogP contribution in [0.1, 0.15) is 10.4 Å². The van der Waals surface area contributed by atoms with Gasteiger partial charge in [0, 0.05) is 39.4 Å². The zero-order valence-corrected chi connectivity index (χ0v) is 12.7. The van der Waals surface area contributed by atoms with Crippen molar-refractivity contribution >= 4 is 38.2 Å². The van der Waals surface area contributed by atoms with Gasteiger partial charge >= 0.3 is 0 Å². The Bertz CT molecular complexity index is 688. The monoisotopic (exact) mass is 332 g/mol. The maximum absolute atomic E-state index is 4.38. The molecule has 0 aliphatic heterocycles. The normalized spacial score (nSPS) is 11.0. The van der Waals surface area contributed by atoms with Gasteiger partial charge in [0.15, 0.2) is 0 Å². The molecule has 19 heavy (non-hydrogen) atoms. The summed E-state index contributed by atoms with van der Waals surface area (Å²) in [5.41, 5.74) is 2.35. The number of rotatable bonds is 4. The van der Waals surface area contributed by atoms with Crippen molar-refractivity contribution < 1.29 is 0 Å². The number of pyridine rings is 1. The number of halogens is 1. The third kappa shape index (κ3) is 3.03. The molecule has 96 valence electrons. The highest BCUT2D eigenvalue weighted by Gasteiger charge is 2.02. The number of hydrogen-bond acceptors (Lipinski definition) is 3. The van der Waals surface area contributed by atoms with Gasteiger partial charge < -0.3 is 5.32 Å². The first kappa shape index (κ1) is 12.8. The molecule has 0 atom stereocenters. The Morgan fingerprint density at radius 3 is 2.89 bits per heavy atom. The number of aromatic nitrogens is 1. The van der Waals surface area contributed by atoms with E-state index < -0.39 is 0 Å². The van der Waals surface area contributed by atoms with E-state index in [9.17, 15) is 0 Å². The molecule has 0 amide bonds. The van der Waals surface area contributed by atoms with Gasteiger partial charge in [-0.25, -0.2) is 0 Å². The van der Waals surface area contributed by atoms with Crippen molar-refractivity contribution in [3.05, 3.63) is 62.9 Å². The predicted octanol–water partition coefficient (Wildman–Crippen LogP) is 4.35. The summed E-state index contributed by atoms with van der Waals surface area (Å²) in [5, 5.41) is 6.82. The Kier molecular flexibility index (Phi) is 3.92. The average Bonchev–Trinajstić information content (AvgIpc) is 2.85. The molecule has 2 heterocycles. The summed E-state index contributed by atoms with van der Waals surface area (Å²) < 4.78 is 1.16. The van der Waals surface area contributed by atoms with E-state index in [2.05, 4.69) is 61.9 Å². The van der Waals surface area contributed by atoms with Crippen LogP contribution in [0, 0.1) is 0 Å². The Hall–Kier alpha value is -1.23. The first-order valence-electron chi connectivity index (χ1n) is 6.09. The molecule has 0 bridgehead atoms. The maximum atomic E-state index is 4.38. The third-order valence-electron chi connectivity index (χ3n) is 2.98. The summed E-state index contributed by atoms with van der Waals surface area (Å²) in [7, 11) is 0. The first-order chi connectivity index (χ1) is 9.33. The second-order valence-corrected chi connectivity index (χ2v) is 6.23. The standard InChI is InChI=1S/C15H13BrN2S/c16-12-7-13(19-10-12)9-17-8-11-5-6-18-15-4-2-1-3-14(11)15/h1-7,10,17H,8-9H2. The molecule has 2 aromatic heterocycles. The fourth-order valence-electron chi connectivity index (χ4n) is 2.08. The molecule has 0 aliphatic rings. The van der Waals surface area contributed by atoms with Gasteiger partial charge in [-0.05, 0) is 39.7 Å². The number of benzene rings is 1. The minimum atomic E-state index is 0.860. The zero-order chi connectivity index (χ0) is 13.1. The summed E-state index contributed by atoms with van der Waals surface area (Å²) in [4.78, 5) is 5.72. The van der Waals surface area contributed by atoms with Crippen LogP contribution in [0.5, 0.6) is 0 Å². The zero-order valence-electron chi connectivity index (χ0n) is 10.3. The number of para-hydroxylation sites is 1. The SMILES string of the molecule is Brc1csc(CNCc2ccnc3ccccc23)c1. The van der Waals surface area contributed by atoms with Crippen molar-refractivity contribution in [1.82, 2.24) is 10.3 Å². The molecule has 0 fully saturated rings. The number of nitrogens with zero attached hydrogens (tertiary/aromatic N) is 1. The fourth-order valence-corrected chi connectivity index (χ4v) is 3.50. The van der Waals surface area contributed by atoms with Gasteiger partial charge in [-0.3, -0.25) is 4.98 Å². The summed E-state index contributed by atoms with van der Waals surface area (Å²) in [5.74, 6) is 0. The van der Waals surface area contributed by atoms with E-state index in [0.717, 1.165) is 23.1 Å². The van der Waals surface area contributed by atoms with Gasteiger partial charge in [0.2, 0.25) is 0 Å². The van der Waals surface area contributed by atoms with Gasteiger partial charge in [-0.1, -0.05) is 18.2 Å². The second-order valence-electron chi connectivity index (χ2n) is 4.32. The largest absolute Gasteiger partial charge is 0.308 e. The van der Waals surface area contributed by atoms with E-state index in [0.29, 0.717) is 0 Å². The van der Waals surface area contributed by atoms with Crippen molar-refractivity contribution in [3.63, 3.8) is 0 Å². The Balaban J connectivity index is 1.71. The molecular weight excluding hydrogens is 320 g/mol. The average molecular weight is 333 g/mol. The van der Waals surface area contributed by atoms with Gasteiger partial charge in [0.25, 0.3) is 0 Å². The first-order valence-corrected chi connectivity index (χ1v) is 7.76. The quantitative estimate of drug-likeness (QED) is 0.768. The molecule has 1 aromatic carbocycles. The van der Waals surface area contributed by atoms with Crippen LogP contribution < -0.4 is 5.32 Å². The van der Waals surface area contributed by atoms with Crippen molar-refractivity contribution in [1.29, 1.82) is 0 Å². The molecule has 3 rings (SSSR count). The highest BCUT2D eigenvalue weighted by molar-refractivity contribution is 9.10. The van der Waals surface area contributed by atoms with Crippen molar-refractivity contribution in [2.45, 2.75) is 13.1 Å². The molecule has 3 aromatic rings. The highest BCUT2D eigenvalue weighted by atomic mass is 79.9. The minimum Gasteiger partial charge on any atom is -0.308 e. The topological polar surface area (TPSA) is 24.9 Å². The Morgan fingerprint density at radius 1 is 1.16 bits per heavy atom. The van der Waals surface area contributed by atoms with Crippen LogP contribution in [-0.4, -0.2) is 4.98 Å². The molecule has 0 saturated heterocycles. The molecule has 0 radical (unpaired) electrons. The Labute approximate surface area is 124 Å². The van der Waals surface area contributed by atoms with Crippen LogP contribution in [0.15, 0.2) is 52.4 Å².